The molecule has 4 aromatic rings. The molecule has 0 aliphatic heterocycles. The predicted octanol–water partition coefficient (Wildman–Crippen LogP) is 6.71. The highest BCUT2D eigenvalue weighted by atomic mass is 35.5. The third-order valence-corrected chi connectivity index (χ3v) is 5.58. The van der Waals surface area contributed by atoms with Gasteiger partial charge in [-0.3, -0.25) is 4.79 Å². The van der Waals surface area contributed by atoms with Crippen LogP contribution in [0.3, 0.4) is 0 Å². The topological polar surface area (TPSA) is 68.5 Å². The predicted molar refractivity (Wildman–Crippen MR) is 116 cm³/mol. The molecular formula is C24H11ClF7NO4. The summed E-state index contributed by atoms with van der Waals surface area (Å²) < 4.78 is 101. The Bertz CT molecular complexity index is 1530. The second-order valence-electron chi connectivity index (χ2n) is 7.60. The normalized spacial score (nSPS) is 11.7. The molecule has 0 fully saturated rings. The maximum Gasteiger partial charge on any atom is 0.422 e. The number of nitrogens with zero attached hydrogens (tertiary/aromatic N) is 1. The molecule has 0 atom stereocenters. The zero-order valence-corrected chi connectivity index (χ0v) is 18.7. The molecule has 0 saturated carbocycles. The summed E-state index contributed by atoms with van der Waals surface area (Å²) in [4.78, 5) is 23.3. The minimum atomic E-state index is -5.66. The first-order valence-electron chi connectivity index (χ1n) is 10.0. The average Bonchev–Trinajstić information content (AvgIpc) is 3.20. The third kappa shape index (κ3) is 4.71. The van der Waals surface area contributed by atoms with E-state index in [-0.39, 0.29) is 21.7 Å². The Hall–Kier alpha value is -4.06. The molecule has 0 aliphatic carbocycles. The van der Waals surface area contributed by atoms with Gasteiger partial charge < -0.3 is 14.4 Å². The first kappa shape index (κ1) is 26.0. The van der Waals surface area contributed by atoms with Gasteiger partial charge in [-0.1, -0.05) is 11.6 Å². The molecule has 192 valence electrons. The number of carbonyl (C=O) groups is 2. The Morgan fingerprint density at radius 2 is 1.51 bits per heavy atom. The van der Waals surface area contributed by atoms with Crippen LogP contribution in [0.5, 0.6) is 5.75 Å². The average molecular weight is 546 g/mol. The first-order chi connectivity index (χ1) is 17.3. The maximum atomic E-state index is 14.1. The van der Waals surface area contributed by atoms with Crippen molar-refractivity contribution in [3.05, 3.63) is 93.6 Å². The molecule has 1 heterocycles. The Kier molecular flexibility index (Phi) is 6.63. The number of halogens is 8. The summed E-state index contributed by atoms with van der Waals surface area (Å²) in [5.74, 6) is -12.6. The van der Waals surface area contributed by atoms with Gasteiger partial charge in [0.1, 0.15) is 17.9 Å². The molecule has 1 N–H and O–H groups in total. The number of aliphatic carboxylic acids is 1. The summed E-state index contributed by atoms with van der Waals surface area (Å²) in [6, 6.07) is 9.80. The van der Waals surface area contributed by atoms with Crippen molar-refractivity contribution in [3.8, 4) is 11.4 Å². The molecule has 0 bridgehead atoms. The minimum Gasteiger partial charge on any atom is -0.489 e. The van der Waals surface area contributed by atoms with Gasteiger partial charge in [0, 0.05) is 22.3 Å². The van der Waals surface area contributed by atoms with Crippen LogP contribution in [0.2, 0.25) is 5.02 Å². The van der Waals surface area contributed by atoms with Crippen LogP contribution in [0.4, 0.5) is 30.7 Å². The second-order valence-corrected chi connectivity index (χ2v) is 8.03. The molecule has 4 rings (SSSR count). The number of hydrogen-bond donors (Lipinski definition) is 1. The lowest BCUT2D eigenvalue weighted by Crippen LogP contribution is -2.18. The summed E-state index contributed by atoms with van der Waals surface area (Å²) in [6.45, 7) is -1.13. The van der Waals surface area contributed by atoms with E-state index in [0.29, 0.717) is 11.2 Å². The van der Waals surface area contributed by atoms with Crippen molar-refractivity contribution in [2.45, 2.75) is 12.8 Å². The molecule has 0 aliphatic rings. The third-order valence-electron chi connectivity index (χ3n) is 5.34. The van der Waals surface area contributed by atoms with Gasteiger partial charge >= 0.3 is 12.1 Å². The van der Waals surface area contributed by atoms with E-state index < -0.39 is 58.9 Å². The van der Waals surface area contributed by atoms with Crippen molar-refractivity contribution in [1.82, 2.24) is 4.57 Å². The van der Waals surface area contributed by atoms with Crippen molar-refractivity contribution in [2.75, 3.05) is 0 Å². The minimum absolute atomic E-state index is 0.0791. The van der Waals surface area contributed by atoms with E-state index in [1.54, 1.807) is 6.07 Å². The number of fused-ring (bicyclic) bond motifs is 1. The van der Waals surface area contributed by atoms with E-state index >= 15 is 0 Å². The molecule has 5 nitrogen and oxygen atoms in total. The Balaban J connectivity index is 1.64. The van der Waals surface area contributed by atoms with Crippen LogP contribution in [0.1, 0.15) is 21.5 Å². The van der Waals surface area contributed by atoms with Crippen LogP contribution in [0, 0.1) is 23.3 Å². The molecule has 0 saturated heterocycles. The fraction of sp³-hybridized carbons (Fsp3) is 0.0833. The number of carboxylic acid groups (broad SMARTS) is 1. The first-order valence-corrected chi connectivity index (χ1v) is 10.4. The number of carbonyl (C=O) groups excluding carboxylic acids is 1. The van der Waals surface area contributed by atoms with Gasteiger partial charge in [0.05, 0.1) is 16.6 Å². The summed E-state index contributed by atoms with van der Waals surface area (Å²) in [5.41, 5.74) is -3.40. The summed E-state index contributed by atoms with van der Waals surface area (Å²) in [5, 5.41) is 9.61. The lowest BCUT2D eigenvalue weighted by atomic mass is 10.1. The number of hydrogen-bond acceptors (Lipinski definition) is 3. The van der Waals surface area contributed by atoms with Gasteiger partial charge in [0.2, 0.25) is 0 Å². The van der Waals surface area contributed by atoms with E-state index in [0.717, 1.165) is 0 Å². The molecule has 37 heavy (non-hydrogen) atoms. The van der Waals surface area contributed by atoms with Gasteiger partial charge in [-0.05, 0) is 42.5 Å². The maximum absolute atomic E-state index is 14.1. The Morgan fingerprint density at radius 3 is 2.05 bits per heavy atom. The second kappa shape index (κ2) is 9.43. The smallest absolute Gasteiger partial charge is 0.422 e. The highest BCUT2D eigenvalue weighted by Gasteiger charge is 2.42. The number of aromatic nitrogens is 1. The van der Waals surface area contributed by atoms with Crippen molar-refractivity contribution in [3.63, 3.8) is 0 Å². The lowest BCUT2D eigenvalue weighted by molar-refractivity contribution is -0.143. The van der Waals surface area contributed by atoms with Gasteiger partial charge in [-0.2, -0.15) is 13.2 Å². The van der Waals surface area contributed by atoms with Crippen LogP contribution < -0.4 is 4.74 Å². The van der Waals surface area contributed by atoms with E-state index in [2.05, 4.69) is 0 Å². The molecule has 13 heteroatoms. The van der Waals surface area contributed by atoms with Crippen LogP contribution in [0.15, 0.2) is 48.7 Å². The van der Waals surface area contributed by atoms with Crippen molar-refractivity contribution in [1.29, 1.82) is 0 Å². The summed E-state index contributed by atoms with van der Waals surface area (Å²) >= 11 is 5.97. The number of carboxylic acids is 1. The van der Waals surface area contributed by atoms with Crippen LogP contribution in [-0.4, -0.2) is 21.4 Å². The SMILES string of the molecule is O=C(O)C(=O)c1cn(-c2ccc(OCc3c(F)c(F)c(C(F)(F)F)c(F)c3F)cc2)c2ccc(Cl)cc12. The van der Waals surface area contributed by atoms with Crippen molar-refractivity contribution < 1.29 is 50.2 Å². The van der Waals surface area contributed by atoms with E-state index in [1.807, 2.05) is 0 Å². The number of alkyl halides is 3. The summed E-state index contributed by atoms with van der Waals surface area (Å²) in [7, 11) is 0. The number of ether oxygens (including phenoxy) is 1. The van der Waals surface area contributed by atoms with Gasteiger partial charge in [0.25, 0.3) is 5.78 Å². The van der Waals surface area contributed by atoms with Crippen molar-refractivity contribution >= 4 is 34.3 Å². The number of ketones is 1. The van der Waals surface area contributed by atoms with Crippen LogP contribution in [-0.2, 0) is 17.6 Å². The zero-order valence-electron chi connectivity index (χ0n) is 18.0. The number of rotatable bonds is 6. The largest absolute Gasteiger partial charge is 0.489 e. The molecule has 0 radical (unpaired) electrons. The molecule has 0 unspecified atom stereocenters. The monoisotopic (exact) mass is 545 g/mol. The number of Topliss-reactive ketones (excluding diaryl/α,β-unsaturated/α-hetero) is 1. The highest BCUT2D eigenvalue weighted by Crippen LogP contribution is 2.37. The van der Waals surface area contributed by atoms with Crippen LogP contribution in [0.25, 0.3) is 16.6 Å². The molecule has 0 amide bonds. The molecule has 3 aromatic carbocycles. The fourth-order valence-corrected chi connectivity index (χ4v) is 3.80. The van der Waals surface area contributed by atoms with E-state index in [4.69, 9.17) is 21.4 Å². The number of benzene rings is 3. The standard InChI is InChI=1S/C24H11ClF7NO4/c25-10-1-6-16-13(7-10)14(22(34)23(35)36)8-33(16)11-2-4-12(5-3-11)37-9-15-18(26)20(28)17(24(30,31)32)21(29)19(15)27/h1-8H,9H2,(H,35,36). The highest BCUT2D eigenvalue weighted by molar-refractivity contribution is 6.42. The molecule has 1 aromatic heterocycles. The van der Waals surface area contributed by atoms with E-state index in [1.165, 1.54) is 47.2 Å². The van der Waals surface area contributed by atoms with Crippen LogP contribution >= 0.6 is 11.6 Å². The van der Waals surface area contributed by atoms with Gasteiger partial charge in [-0.25, -0.2) is 22.4 Å². The molecular weight excluding hydrogens is 535 g/mol. The fourth-order valence-electron chi connectivity index (χ4n) is 3.62. The lowest BCUT2D eigenvalue weighted by Gasteiger charge is -2.15. The summed E-state index contributed by atoms with van der Waals surface area (Å²) in [6.07, 6.45) is -4.39. The van der Waals surface area contributed by atoms with Gasteiger partial charge in [0.15, 0.2) is 23.3 Å². The molecule has 0 spiro atoms. The van der Waals surface area contributed by atoms with Gasteiger partial charge in [-0.15, -0.1) is 0 Å². The Labute approximate surface area is 207 Å². The Morgan fingerprint density at radius 1 is 0.919 bits per heavy atom. The van der Waals surface area contributed by atoms with Crippen molar-refractivity contribution in [2.24, 2.45) is 0 Å². The van der Waals surface area contributed by atoms with E-state index in [9.17, 15) is 40.3 Å². The quantitative estimate of drug-likeness (QED) is 0.127. The zero-order chi connectivity index (χ0) is 27.2.